The average molecular weight is 284 g/mol. The molecule has 1 atom stereocenters. The maximum atomic E-state index is 12.6. The molecule has 1 unspecified atom stereocenters. The lowest BCUT2D eigenvalue weighted by Crippen LogP contribution is -2.60. The minimum atomic E-state index is -0.529. The Kier molecular flexibility index (Phi) is 5.95. The second-order valence-corrected chi connectivity index (χ2v) is 6.00. The first-order valence-corrected chi connectivity index (χ1v) is 7.23. The summed E-state index contributed by atoms with van der Waals surface area (Å²) in [6, 6.07) is 0. The van der Waals surface area contributed by atoms with Crippen molar-refractivity contribution in [1.82, 2.24) is 20.4 Å². The first kappa shape index (κ1) is 16.9. The van der Waals surface area contributed by atoms with Crippen LogP contribution < -0.4 is 10.6 Å². The van der Waals surface area contributed by atoms with Crippen molar-refractivity contribution in [2.75, 3.05) is 46.8 Å². The summed E-state index contributed by atoms with van der Waals surface area (Å²) in [7, 11) is 3.39. The van der Waals surface area contributed by atoms with Crippen molar-refractivity contribution >= 4 is 11.8 Å². The number of hydrogen-bond donors (Lipinski definition) is 2. The van der Waals surface area contributed by atoms with Crippen molar-refractivity contribution < 1.29 is 9.59 Å². The molecule has 1 aliphatic heterocycles. The molecular weight excluding hydrogens is 256 g/mol. The number of likely N-dealkylation sites (N-methyl/N-ethyl adjacent to an activating group) is 1. The second kappa shape index (κ2) is 7.04. The van der Waals surface area contributed by atoms with Gasteiger partial charge >= 0.3 is 0 Å². The highest BCUT2D eigenvalue weighted by atomic mass is 16.2. The van der Waals surface area contributed by atoms with Gasteiger partial charge in [0.15, 0.2) is 0 Å². The molecule has 116 valence electrons. The summed E-state index contributed by atoms with van der Waals surface area (Å²) in [5.41, 5.74) is -0.529. The average Bonchev–Trinajstić information content (AvgIpc) is 2.46. The Labute approximate surface area is 121 Å². The van der Waals surface area contributed by atoms with Crippen LogP contribution in [0.2, 0.25) is 0 Å². The zero-order chi connectivity index (χ0) is 15.3. The molecule has 6 heteroatoms. The summed E-state index contributed by atoms with van der Waals surface area (Å²) in [5, 5.41) is 5.91. The number of carbonyl (C=O) groups excluding carboxylic acids is 2. The molecule has 0 aliphatic carbocycles. The highest BCUT2D eigenvalue weighted by Crippen LogP contribution is 2.18. The molecule has 0 aromatic heterocycles. The maximum Gasteiger partial charge on any atom is 0.242 e. The van der Waals surface area contributed by atoms with E-state index in [1.807, 2.05) is 20.8 Å². The molecule has 2 amide bonds. The zero-order valence-electron chi connectivity index (χ0n) is 13.3. The van der Waals surface area contributed by atoms with Crippen LogP contribution in [0.25, 0.3) is 0 Å². The van der Waals surface area contributed by atoms with E-state index in [-0.39, 0.29) is 17.7 Å². The van der Waals surface area contributed by atoms with Crippen LogP contribution in [0, 0.1) is 5.92 Å². The van der Waals surface area contributed by atoms with Crippen LogP contribution in [0.5, 0.6) is 0 Å². The number of carbonyl (C=O) groups is 2. The maximum absolute atomic E-state index is 12.6. The zero-order valence-corrected chi connectivity index (χ0v) is 13.3. The normalized spacial score (nSPS) is 18.4. The van der Waals surface area contributed by atoms with E-state index in [4.69, 9.17) is 0 Å². The summed E-state index contributed by atoms with van der Waals surface area (Å²) in [5.74, 6) is -0.174. The Morgan fingerprint density at radius 1 is 1.35 bits per heavy atom. The largest absolute Gasteiger partial charge is 0.359 e. The number of rotatable bonds is 5. The van der Waals surface area contributed by atoms with Gasteiger partial charge in [-0.1, -0.05) is 6.92 Å². The SMILES string of the molecule is CNC(=O)C(C)CN(C)C(=O)C(C)(C)N1CCNCC1. The predicted octanol–water partition coefficient (Wildman–Crippen LogP) is -0.489. The van der Waals surface area contributed by atoms with Gasteiger partial charge in [0.2, 0.25) is 11.8 Å². The number of piperazine rings is 1. The fourth-order valence-corrected chi connectivity index (χ4v) is 2.65. The van der Waals surface area contributed by atoms with Crippen LogP contribution in [0.1, 0.15) is 20.8 Å². The van der Waals surface area contributed by atoms with Gasteiger partial charge in [-0.25, -0.2) is 0 Å². The molecule has 0 aromatic rings. The smallest absolute Gasteiger partial charge is 0.242 e. The molecule has 0 bridgehead atoms. The fraction of sp³-hybridized carbons (Fsp3) is 0.857. The summed E-state index contributed by atoms with van der Waals surface area (Å²) in [6.45, 7) is 9.76. The third-order valence-electron chi connectivity index (χ3n) is 4.02. The van der Waals surface area contributed by atoms with E-state index in [9.17, 15) is 9.59 Å². The van der Waals surface area contributed by atoms with Crippen LogP contribution in [0.4, 0.5) is 0 Å². The van der Waals surface area contributed by atoms with Gasteiger partial charge in [-0.05, 0) is 13.8 Å². The third-order valence-corrected chi connectivity index (χ3v) is 4.02. The monoisotopic (exact) mass is 284 g/mol. The van der Waals surface area contributed by atoms with Gasteiger partial charge in [-0.2, -0.15) is 0 Å². The highest BCUT2D eigenvalue weighted by molar-refractivity contribution is 5.86. The number of nitrogens with zero attached hydrogens (tertiary/aromatic N) is 2. The Morgan fingerprint density at radius 3 is 2.40 bits per heavy atom. The number of nitrogens with one attached hydrogen (secondary N) is 2. The Morgan fingerprint density at radius 2 is 1.90 bits per heavy atom. The fourth-order valence-electron chi connectivity index (χ4n) is 2.65. The van der Waals surface area contributed by atoms with Gasteiger partial charge in [0, 0.05) is 46.8 Å². The molecule has 0 aromatic carbocycles. The Bertz CT molecular complexity index is 351. The van der Waals surface area contributed by atoms with Crippen molar-refractivity contribution in [3.63, 3.8) is 0 Å². The van der Waals surface area contributed by atoms with Crippen molar-refractivity contribution in [3.8, 4) is 0 Å². The molecule has 0 radical (unpaired) electrons. The van der Waals surface area contributed by atoms with Crippen LogP contribution in [0.15, 0.2) is 0 Å². The molecule has 20 heavy (non-hydrogen) atoms. The van der Waals surface area contributed by atoms with Gasteiger partial charge in [-0.3, -0.25) is 14.5 Å². The predicted molar refractivity (Wildman–Crippen MR) is 79.4 cm³/mol. The molecule has 0 spiro atoms. The molecule has 2 N–H and O–H groups in total. The molecule has 1 rings (SSSR count). The first-order chi connectivity index (χ1) is 9.30. The van der Waals surface area contributed by atoms with Crippen molar-refractivity contribution in [3.05, 3.63) is 0 Å². The molecule has 1 saturated heterocycles. The lowest BCUT2D eigenvalue weighted by Gasteiger charge is -2.42. The van der Waals surface area contributed by atoms with E-state index in [1.165, 1.54) is 0 Å². The van der Waals surface area contributed by atoms with Gasteiger partial charge < -0.3 is 15.5 Å². The van der Waals surface area contributed by atoms with Crippen LogP contribution >= 0.6 is 0 Å². The van der Waals surface area contributed by atoms with Gasteiger partial charge in [0.25, 0.3) is 0 Å². The summed E-state index contributed by atoms with van der Waals surface area (Å²) >= 11 is 0. The van der Waals surface area contributed by atoms with Crippen molar-refractivity contribution in [1.29, 1.82) is 0 Å². The standard InChI is InChI=1S/C14H28N4O2/c1-11(12(19)15-4)10-17(5)13(20)14(2,3)18-8-6-16-7-9-18/h11,16H,6-10H2,1-5H3,(H,15,19). The lowest BCUT2D eigenvalue weighted by molar-refractivity contribution is -0.143. The van der Waals surface area contributed by atoms with Crippen molar-refractivity contribution in [2.24, 2.45) is 5.92 Å². The van der Waals surface area contributed by atoms with Gasteiger partial charge in [-0.15, -0.1) is 0 Å². The summed E-state index contributed by atoms with van der Waals surface area (Å²) in [6.07, 6.45) is 0. The van der Waals surface area contributed by atoms with E-state index in [0.29, 0.717) is 6.54 Å². The van der Waals surface area contributed by atoms with Gasteiger partial charge in [0.1, 0.15) is 0 Å². The van der Waals surface area contributed by atoms with E-state index < -0.39 is 5.54 Å². The first-order valence-electron chi connectivity index (χ1n) is 7.23. The highest BCUT2D eigenvalue weighted by Gasteiger charge is 2.37. The van der Waals surface area contributed by atoms with Gasteiger partial charge in [0.05, 0.1) is 11.5 Å². The lowest BCUT2D eigenvalue weighted by atomic mass is 9.99. The third kappa shape index (κ3) is 3.93. The minimum absolute atomic E-state index is 0.0374. The Balaban J connectivity index is 2.64. The van der Waals surface area contributed by atoms with E-state index in [1.54, 1.807) is 19.0 Å². The second-order valence-electron chi connectivity index (χ2n) is 6.00. The van der Waals surface area contributed by atoms with Crippen LogP contribution in [-0.4, -0.2) is 74.0 Å². The molecule has 6 nitrogen and oxygen atoms in total. The van der Waals surface area contributed by atoms with Crippen LogP contribution in [-0.2, 0) is 9.59 Å². The summed E-state index contributed by atoms with van der Waals surface area (Å²) in [4.78, 5) is 28.1. The number of amides is 2. The molecule has 1 heterocycles. The number of hydrogen-bond acceptors (Lipinski definition) is 4. The molecule has 1 aliphatic rings. The quantitative estimate of drug-likeness (QED) is 0.715. The van der Waals surface area contributed by atoms with E-state index in [0.717, 1.165) is 26.2 Å². The minimum Gasteiger partial charge on any atom is -0.359 e. The topological polar surface area (TPSA) is 64.7 Å². The van der Waals surface area contributed by atoms with Crippen molar-refractivity contribution in [2.45, 2.75) is 26.3 Å². The molecular formula is C14H28N4O2. The van der Waals surface area contributed by atoms with Crippen LogP contribution in [0.3, 0.4) is 0 Å². The van der Waals surface area contributed by atoms with E-state index in [2.05, 4.69) is 15.5 Å². The Hall–Kier alpha value is -1.14. The van der Waals surface area contributed by atoms with E-state index >= 15 is 0 Å². The summed E-state index contributed by atoms with van der Waals surface area (Å²) < 4.78 is 0. The molecule has 0 saturated carbocycles. The molecule has 1 fully saturated rings.